The molecule has 0 unspecified atom stereocenters. The van der Waals surface area contributed by atoms with Gasteiger partial charge in [-0.1, -0.05) is 60.7 Å². The molecule has 2 atom stereocenters. The SMILES string of the molecule is CN(CCc1ccccc1)C(=O)[C@H](Cc1ccccc1)NC(=O)[C@@H]1CCCN1. The molecular weight excluding hydrogens is 350 g/mol. The maximum atomic E-state index is 13.1. The molecule has 28 heavy (non-hydrogen) atoms. The second-order valence-electron chi connectivity index (χ2n) is 7.40. The summed E-state index contributed by atoms with van der Waals surface area (Å²) >= 11 is 0. The third-order valence-corrected chi connectivity index (χ3v) is 5.23. The molecule has 2 amide bonds. The average Bonchev–Trinajstić information content (AvgIpc) is 3.27. The van der Waals surface area contributed by atoms with Crippen molar-refractivity contribution in [2.75, 3.05) is 20.1 Å². The fourth-order valence-electron chi connectivity index (χ4n) is 3.55. The standard InChI is InChI=1S/C23H29N3O2/c1-26(16-14-18-9-4-2-5-10-18)23(28)21(17-19-11-6-3-7-12-19)25-22(27)20-13-8-15-24-20/h2-7,9-12,20-21,24H,8,13-17H2,1H3,(H,25,27)/t20-,21-/m0/s1. The first-order chi connectivity index (χ1) is 13.6. The smallest absolute Gasteiger partial charge is 0.245 e. The number of benzene rings is 2. The van der Waals surface area contributed by atoms with Crippen molar-refractivity contribution in [1.82, 2.24) is 15.5 Å². The molecule has 148 valence electrons. The maximum Gasteiger partial charge on any atom is 0.245 e. The van der Waals surface area contributed by atoms with Crippen molar-refractivity contribution in [2.45, 2.75) is 37.8 Å². The van der Waals surface area contributed by atoms with E-state index in [1.54, 1.807) is 4.90 Å². The summed E-state index contributed by atoms with van der Waals surface area (Å²) in [5.74, 6) is -0.130. The van der Waals surface area contributed by atoms with Crippen molar-refractivity contribution in [2.24, 2.45) is 0 Å². The van der Waals surface area contributed by atoms with Crippen LogP contribution in [0.1, 0.15) is 24.0 Å². The van der Waals surface area contributed by atoms with Gasteiger partial charge in [0.15, 0.2) is 0 Å². The Labute approximate surface area is 167 Å². The molecular formula is C23H29N3O2. The van der Waals surface area contributed by atoms with Crippen LogP contribution in [0, 0.1) is 0 Å². The van der Waals surface area contributed by atoms with Crippen molar-refractivity contribution in [3.63, 3.8) is 0 Å². The second kappa shape index (κ2) is 10.0. The second-order valence-corrected chi connectivity index (χ2v) is 7.40. The summed E-state index contributed by atoms with van der Waals surface area (Å²) in [5, 5.41) is 6.20. The van der Waals surface area contributed by atoms with Crippen LogP contribution in [-0.4, -0.2) is 48.9 Å². The summed E-state index contributed by atoms with van der Waals surface area (Å²) in [6, 6.07) is 19.2. The molecule has 5 nitrogen and oxygen atoms in total. The highest BCUT2D eigenvalue weighted by molar-refractivity contribution is 5.90. The van der Waals surface area contributed by atoms with Gasteiger partial charge in [-0.25, -0.2) is 0 Å². The van der Waals surface area contributed by atoms with Crippen LogP contribution in [0.3, 0.4) is 0 Å². The van der Waals surface area contributed by atoms with Gasteiger partial charge in [0.1, 0.15) is 6.04 Å². The molecule has 1 heterocycles. The number of carbonyl (C=O) groups is 2. The minimum absolute atomic E-state index is 0.0499. The highest BCUT2D eigenvalue weighted by atomic mass is 16.2. The zero-order valence-electron chi connectivity index (χ0n) is 16.4. The van der Waals surface area contributed by atoms with E-state index in [1.165, 1.54) is 5.56 Å². The van der Waals surface area contributed by atoms with E-state index in [0.717, 1.165) is 31.4 Å². The van der Waals surface area contributed by atoms with Crippen molar-refractivity contribution >= 4 is 11.8 Å². The van der Waals surface area contributed by atoms with Gasteiger partial charge in [-0.3, -0.25) is 9.59 Å². The van der Waals surface area contributed by atoms with Gasteiger partial charge >= 0.3 is 0 Å². The first kappa shape index (κ1) is 20.1. The Morgan fingerprint density at radius 3 is 2.32 bits per heavy atom. The third kappa shape index (κ3) is 5.67. The van der Waals surface area contributed by atoms with Crippen molar-refractivity contribution < 1.29 is 9.59 Å². The Bertz CT molecular complexity index is 758. The molecule has 2 aromatic carbocycles. The molecule has 0 spiro atoms. The molecule has 0 bridgehead atoms. The summed E-state index contributed by atoms with van der Waals surface area (Å²) in [7, 11) is 1.81. The van der Waals surface area contributed by atoms with Crippen LogP contribution in [0.2, 0.25) is 0 Å². The lowest BCUT2D eigenvalue weighted by atomic mass is 10.0. The minimum Gasteiger partial charge on any atom is -0.344 e. The highest BCUT2D eigenvalue weighted by Gasteiger charge is 2.29. The van der Waals surface area contributed by atoms with Gasteiger partial charge in [-0.2, -0.15) is 0 Å². The van der Waals surface area contributed by atoms with Gasteiger partial charge in [-0.15, -0.1) is 0 Å². The molecule has 5 heteroatoms. The molecule has 0 radical (unpaired) electrons. The lowest BCUT2D eigenvalue weighted by molar-refractivity contribution is -0.135. The number of hydrogen-bond donors (Lipinski definition) is 2. The molecule has 1 saturated heterocycles. The predicted molar refractivity (Wildman–Crippen MR) is 111 cm³/mol. The third-order valence-electron chi connectivity index (χ3n) is 5.23. The van der Waals surface area contributed by atoms with Gasteiger partial charge in [0.25, 0.3) is 0 Å². The molecule has 2 aromatic rings. The fraction of sp³-hybridized carbons (Fsp3) is 0.391. The van der Waals surface area contributed by atoms with Gasteiger partial charge in [0.05, 0.1) is 6.04 Å². The Kier molecular flexibility index (Phi) is 7.20. The summed E-state index contributed by atoms with van der Waals surface area (Å²) in [4.78, 5) is 27.4. The molecule has 1 fully saturated rings. The lowest BCUT2D eigenvalue weighted by Crippen LogP contribution is -2.52. The maximum absolute atomic E-state index is 13.1. The van der Waals surface area contributed by atoms with Crippen LogP contribution in [0.25, 0.3) is 0 Å². The van der Waals surface area contributed by atoms with Crippen LogP contribution < -0.4 is 10.6 Å². The van der Waals surface area contributed by atoms with E-state index >= 15 is 0 Å². The number of carbonyl (C=O) groups excluding carboxylic acids is 2. The first-order valence-electron chi connectivity index (χ1n) is 10.00. The number of nitrogens with one attached hydrogen (secondary N) is 2. The van der Waals surface area contributed by atoms with Crippen LogP contribution >= 0.6 is 0 Å². The Morgan fingerprint density at radius 2 is 1.71 bits per heavy atom. The highest BCUT2D eigenvalue weighted by Crippen LogP contribution is 2.10. The van der Waals surface area contributed by atoms with Crippen LogP contribution in [0.5, 0.6) is 0 Å². The van der Waals surface area contributed by atoms with E-state index in [1.807, 2.05) is 55.6 Å². The van der Waals surface area contributed by atoms with Crippen molar-refractivity contribution in [3.05, 3.63) is 71.8 Å². The number of nitrogens with zero attached hydrogens (tertiary/aromatic N) is 1. The van der Waals surface area contributed by atoms with Crippen molar-refractivity contribution in [3.8, 4) is 0 Å². The summed E-state index contributed by atoms with van der Waals surface area (Å²) in [6.45, 7) is 1.47. The zero-order chi connectivity index (χ0) is 19.8. The molecule has 2 N–H and O–H groups in total. The quantitative estimate of drug-likeness (QED) is 0.739. The van der Waals surface area contributed by atoms with E-state index in [0.29, 0.717) is 13.0 Å². The number of likely N-dealkylation sites (N-methyl/N-ethyl adjacent to an activating group) is 1. The van der Waals surface area contributed by atoms with E-state index in [9.17, 15) is 9.59 Å². The molecule has 0 aliphatic carbocycles. The normalized spacial score (nSPS) is 17.1. The summed E-state index contributed by atoms with van der Waals surface area (Å²) < 4.78 is 0. The average molecular weight is 380 g/mol. The molecule has 1 aliphatic heterocycles. The topological polar surface area (TPSA) is 61.4 Å². The number of hydrogen-bond acceptors (Lipinski definition) is 3. The predicted octanol–water partition coefficient (Wildman–Crippen LogP) is 2.17. The monoisotopic (exact) mass is 379 g/mol. The van der Waals surface area contributed by atoms with Crippen LogP contribution in [0.4, 0.5) is 0 Å². The number of rotatable bonds is 8. The van der Waals surface area contributed by atoms with E-state index in [2.05, 4.69) is 22.8 Å². The largest absolute Gasteiger partial charge is 0.344 e. The molecule has 1 aliphatic rings. The van der Waals surface area contributed by atoms with Crippen LogP contribution in [-0.2, 0) is 22.4 Å². The summed E-state index contributed by atoms with van der Waals surface area (Å²) in [6.07, 6.45) is 3.10. The van der Waals surface area contributed by atoms with Gasteiger partial charge < -0.3 is 15.5 Å². The zero-order valence-corrected chi connectivity index (χ0v) is 16.4. The molecule has 3 rings (SSSR count). The Hall–Kier alpha value is -2.66. The van der Waals surface area contributed by atoms with Gasteiger partial charge in [0, 0.05) is 20.0 Å². The lowest BCUT2D eigenvalue weighted by Gasteiger charge is -2.26. The van der Waals surface area contributed by atoms with E-state index < -0.39 is 6.04 Å². The van der Waals surface area contributed by atoms with Gasteiger partial charge in [-0.05, 0) is 36.9 Å². The first-order valence-corrected chi connectivity index (χ1v) is 10.00. The Balaban J connectivity index is 1.65. The van der Waals surface area contributed by atoms with E-state index in [4.69, 9.17) is 0 Å². The van der Waals surface area contributed by atoms with Gasteiger partial charge in [0.2, 0.25) is 11.8 Å². The molecule has 0 aromatic heterocycles. The summed E-state index contributed by atoms with van der Waals surface area (Å²) in [5.41, 5.74) is 2.23. The van der Waals surface area contributed by atoms with Crippen molar-refractivity contribution in [1.29, 1.82) is 0 Å². The van der Waals surface area contributed by atoms with E-state index in [-0.39, 0.29) is 17.9 Å². The number of amides is 2. The minimum atomic E-state index is -0.557. The molecule has 0 saturated carbocycles. The fourth-order valence-corrected chi connectivity index (χ4v) is 3.55. The Morgan fingerprint density at radius 1 is 1.07 bits per heavy atom. The van der Waals surface area contributed by atoms with Crippen LogP contribution in [0.15, 0.2) is 60.7 Å².